The summed E-state index contributed by atoms with van der Waals surface area (Å²) in [5.41, 5.74) is 5.96. The summed E-state index contributed by atoms with van der Waals surface area (Å²) < 4.78 is 38.2. The zero-order chi connectivity index (χ0) is 15.9. The van der Waals surface area contributed by atoms with Gasteiger partial charge >= 0.3 is 0 Å². The highest BCUT2D eigenvalue weighted by atomic mass is 79.9. The third-order valence-corrected chi connectivity index (χ3v) is 5.42. The third-order valence-electron chi connectivity index (χ3n) is 2.50. The van der Waals surface area contributed by atoms with Crippen LogP contribution in [0.15, 0.2) is 26.0 Å². The molecule has 0 aliphatic rings. The minimum absolute atomic E-state index is 0.0472. The maximum atomic E-state index is 12.2. The van der Waals surface area contributed by atoms with Gasteiger partial charge in [-0.05, 0) is 34.5 Å². The summed E-state index contributed by atoms with van der Waals surface area (Å²) in [5, 5.41) is 0. The smallest absolute Gasteiger partial charge is 0.243 e. The Morgan fingerprint density at radius 3 is 2.57 bits per heavy atom. The number of benzene rings is 1. The van der Waals surface area contributed by atoms with Gasteiger partial charge in [0.25, 0.3) is 0 Å². The number of ether oxygens (including phenoxy) is 2. The Kier molecular flexibility index (Phi) is 8.14. The molecule has 0 spiro atoms. The van der Waals surface area contributed by atoms with Gasteiger partial charge in [0, 0.05) is 29.2 Å². The monoisotopic (exact) mass is 444 g/mol. The van der Waals surface area contributed by atoms with Gasteiger partial charge in [-0.15, -0.1) is 0 Å². The summed E-state index contributed by atoms with van der Waals surface area (Å²) in [6.07, 6.45) is 0.566. The molecule has 1 rings (SSSR count). The average molecular weight is 446 g/mol. The molecule has 21 heavy (non-hydrogen) atoms. The first-order valence-electron chi connectivity index (χ1n) is 6.19. The summed E-state index contributed by atoms with van der Waals surface area (Å²) in [6, 6.07) is 3.19. The van der Waals surface area contributed by atoms with Gasteiger partial charge in [0.1, 0.15) is 4.90 Å². The Morgan fingerprint density at radius 2 is 1.95 bits per heavy atom. The van der Waals surface area contributed by atoms with Crippen molar-refractivity contribution >= 4 is 47.6 Å². The van der Waals surface area contributed by atoms with Crippen LogP contribution in [0.4, 0.5) is 5.69 Å². The van der Waals surface area contributed by atoms with E-state index in [1.807, 2.05) is 0 Å². The number of nitrogen functional groups attached to an aromatic ring is 1. The predicted octanol–water partition coefficient (Wildman–Crippen LogP) is 2.13. The first-order chi connectivity index (χ1) is 9.88. The largest absolute Gasteiger partial charge is 0.398 e. The molecule has 120 valence electrons. The molecule has 0 radical (unpaired) electrons. The molecule has 0 aromatic heterocycles. The highest BCUT2D eigenvalue weighted by Crippen LogP contribution is 2.31. The molecule has 0 fully saturated rings. The number of anilines is 1. The molecular formula is C12H18Br2N2O4S. The number of halogens is 2. The molecule has 3 N–H and O–H groups in total. The molecule has 0 heterocycles. The van der Waals surface area contributed by atoms with Gasteiger partial charge in [0.2, 0.25) is 10.0 Å². The zero-order valence-corrected chi connectivity index (χ0v) is 15.6. The highest BCUT2D eigenvalue weighted by molar-refractivity contribution is 9.11. The number of rotatable bonds is 9. The summed E-state index contributed by atoms with van der Waals surface area (Å²) >= 11 is 6.47. The van der Waals surface area contributed by atoms with Crippen molar-refractivity contribution in [2.75, 3.05) is 39.2 Å². The van der Waals surface area contributed by atoms with Crippen LogP contribution in [0.3, 0.4) is 0 Å². The normalized spacial score (nSPS) is 11.8. The Labute approximate surface area is 141 Å². The zero-order valence-electron chi connectivity index (χ0n) is 11.6. The average Bonchev–Trinajstić information content (AvgIpc) is 2.35. The van der Waals surface area contributed by atoms with Crippen molar-refractivity contribution in [3.8, 4) is 0 Å². The first kappa shape index (κ1) is 18.9. The molecule has 6 nitrogen and oxygen atoms in total. The van der Waals surface area contributed by atoms with E-state index in [2.05, 4.69) is 36.6 Å². The number of nitrogens with one attached hydrogen (secondary N) is 1. The van der Waals surface area contributed by atoms with Crippen LogP contribution in [0.5, 0.6) is 0 Å². The van der Waals surface area contributed by atoms with Crippen molar-refractivity contribution in [1.82, 2.24) is 4.72 Å². The molecule has 1 aromatic carbocycles. The van der Waals surface area contributed by atoms with Crippen LogP contribution in [0.25, 0.3) is 0 Å². The van der Waals surface area contributed by atoms with Gasteiger partial charge in [0.15, 0.2) is 0 Å². The van der Waals surface area contributed by atoms with Crippen molar-refractivity contribution in [3.05, 3.63) is 21.1 Å². The molecular weight excluding hydrogens is 428 g/mol. The van der Waals surface area contributed by atoms with Crippen molar-refractivity contribution in [2.24, 2.45) is 0 Å². The fourth-order valence-corrected chi connectivity index (χ4v) is 4.70. The van der Waals surface area contributed by atoms with Gasteiger partial charge in [0.05, 0.1) is 18.9 Å². The lowest BCUT2D eigenvalue weighted by Crippen LogP contribution is -2.27. The van der Waals surface area contributed by atoms with E-state index < -0.39 is 10.0 Å². The van der Waals surface area contributed by atoms with Crippen LogP contribution in [0.1, 0.15) is 6.42 Å². The van der Waals surface area contributed by atoms with Crippen LogP contribution in [-0.4, -0.2) is 41.9 Å². The van der Waals surface area contributed by atoms with Gasteiger partial charge < -0.3 is 15.2 Å². The lowest BCUT2D eigenvalue weighted by Gasteiger charge is -2.11. The van der Waals surface area contributed by atoms with Crippen LogP contribution >= 0.6 is 31.9 Å². The molecule has 0 unspecified atom stereocenters. The molecule has 0 amide bonds. The van der Waals surface area contributed by atoms with Crippen LogP contribution in [0, 0.1) is 0 Å². The van der Waals surface area contributed by atoms with Gasteiger partial charge in [-0.1, -0.05) is 15.9 Å². The molecule has 0 aliphatic heterocycles. The molecule has 0 aliphatic carbocycles. The van der Waals surface area contributed by atoms with E-state index in [1.54, 1.807) is 19.2 Å². The Balaban J connectivity index is 2.55. The molecule has 9 heteroatoms. The highest BCUT2D eigenvalue weighted by Gasteiger charge is 2.21. The minimum atomic E-state index is -3.66. The summed E-state index contributed by atoms with van der Waals surface area (Å²) in [4.78, 5) is 0.0472. The van der Waals surface area contributed by atoms with Gasteiger partial charge in [-0.2, -0.15) is 0 Å². The lowest BCUT2D eigenvalue weighted by molar-refractivity contribution is 0.0699. The predicted molar refractivity (Wildman–Crippen MR) is 88.8 cm³/mol. The minimum Gasteiger partial charge on any atom is -0.398 e. The summed E-state index contributed by atoms with van der Waals surface area (Å²) in [5.74, 6) is 0. The van der Waals surface area contributed by atoms with Gasteiger partial charge in [-0.3, -0.25) is 0 Å². The number of hydrogen-bond acceptors (Lipinski definition) is 5. The number of sulfonamides is 1. The van der Waals surface area contributed by atoms with Crippen LogP contribution in [0.2, 0.25) is 0 Å². The second-order valence-corrected chi connectivity index (χ2v) is 7.64. The van der Waals surface area contributed by atoms with Crippen molar-refractivity contribution in [1.29, 1.82) is 0 Å². The number of methoxy groups -OCH3 is 1. The van der Waals surface area contributed by atoms with Crippen LogP contribution in [-0.2, 0) is 19.5 Å². The molecule has 0 saturated carbocycles. The quantitative estimate of drug-likeness (QED) is 0.448. The van der Waals surface area contributed by atoms with Crippen molar-refractivity contribution < 1.29 is 17.9 Å². The topological polar surface area (TPSA) is 90.6 Å². The molecule has 1 aromatic rings. The summed E-state index contributed by atoms with van der Waals surface area (Å²) in [7, 11) is -2.06. The van der Waals surface area contributed by atoms with Gasteiger partial charge in [-0.25, -0.2) is 13.1 Å². The molecule has 0 saturated heterocycles. The third kappa shape index (κ3) is 6.21. The SMILES string of the molecule is COCCOCCCNS(=O)(=O)c1c(N)cc(Br)cc1Br. The maximum Gasteiger partial charge on any atom is 0.243 e. The molecule has 0 atom stereocenters. The van der Waals surface area contributed by atoms with Crippen molar-refractivity contribution in [3.63, 3.8) is 0 Å². The maximum absolute atomic E-state index is 12.2. The second-order valence-electron chi connectivity index (χ2n) is 4.16. The van der Waals surface area contributed by atoms with Crippen LogP contribution < -0.4 is 10.5 Å². The lowest BCUT2D eigenvalue weighted by atomic mass is 10.3. The fraction of sp³-hybridized carbons (Fsp3) is 0.500. The van der Waals surface area contributed by atoms with E-state index in [9.17, 15) is 8.42 Å². The van der Waals surface area contributed by atoms with E-state index in [0.717, 1.165) is 0 Å². The van der Waals surface area contributed by atoms with E-state index in [1.165, 1.54) is 0 Å². The Morgan fingerprint density at radius 1 is 1.24 bits per heavy atom. The van der Waals surface area contributed by atoms with E-state index in [4.69, 9.17) is 15.2 Å². The summed E-state index contributed by atoms with van der Waals surface area (Å²) in [6.45, 7) is 1.75. The van der Waals surface area contributed by atoms with Crippen molar-refractivity contribution in [2.45, 2.75) is 11.3 Å². The standard InChI is InChI=1S/C12H18Br2N2O4S/c1-19-5-6-20-4-2-3-16-21(17,18)12-10(14)7-9(13)8-11(12)15/h7-8,16H,2-6,15H2,1H3. The Hall–Kier alpha value is -0.190. The fourth-order valence-electron chi connectivity index (χ4n) is 1.56. The Bertz CT molecular complexity index is 543. The number of hydrogen-bond donors (Lipinski definition) is 2. The second kappa shape index (κ2) is 9.06. The first-order valence-corrected chi connectivity index (χ1v) is 9.26. The van der Waals surface area contributed by atoms with E-state index >= 15 is 0 Å². The molecule has 0 bridgehead atoms. The van der Waals surface area contributed by atoms with E-state index in [-0.39, 0.29) is 17.1 Å². The van der Waals surface area contributed by atoms with E-state index in [0.29, 0.717) is 35.2 Å². The number of nitrogens with two attached hydrogens (primary N) is 1.